The standard InChI is InChI=1S/C19H17ClNO2/c1-21-17(10-3-14-4-11-18(22-2)12-5-14)13-19(23-21)15-6-8-16(20)9-7-15/h3-13H,1-2H3/q+1/b10-3+. The molecule has 4 heteroatoms. The quantitative estimate of drug-likeness (QED) is 0.655. The Bertz CT molecular complexity index is 818. The van der Waals surface area contributed by atoms with Gasteiger partial charge >= 0.3 is 0 Å². The minimum absolute atomic E-state index is 0.712. The van der Waals surface area contributed by atoms with Crippen LogP contribution in [0.2, 0.25) is 5.02 Å². The molecule has 0 saturated carbocycles. The number of ether oxygens (including phenoxy) is 1. The molecule has 0 unspecified atom stereocenters. The summed E-state index contributed by atoms with van der Waals surface area (Å²) >= 11 is 5.92. The molecule has 0 fully saturated rings. The molecule has 0 spiro atoms. The molecule has 0 amide bonds. The number of benzene rings is 2. The third-order valence-corrected chi connectivity index (χ3v) is 3.82. The number of halogens is 1. The zero-order valence-electron chi connectivity index (χ0n) is 13.0. The van der Waals surface area contributed by atoms with Gasteiger partial charge in [0.05, 0.1) is 13.2 Å². The fourth-order valence-corrected chi connectivity index (χ4v) is 2.38. The van der Waals surface area contributed by atoms with Gasteiger partial charge in [0, 0.05) is 16.7 Å². The average Bonchev–Trinajstić information content (AvgIpc) is 2.95. The number of hydrogen-bond acceptors (Lipinski definition) is 2. The lowest BCUT2D eigenvalue weighted by atomic mass is 10.1. The van der Waals surface area contributed by atoms with Crippen molar-refractivity contribution in [2.45, 2.75) is 0 Å². The second kappa shape index (κ2) is 6.71. The summed E-state index contributed by atoms with van der Waals surface area (Å²) < 4.78 is 12.7. The minimum atomic E-state index is 0.712. The Morgan fingerprint density at radius 2 is 1.70 bits per heavy atom. The van der Waals surface area contributed by atoms with Crippen LogP contribution >= 0.6 is 11.6 Å². The molecule has 1 aromatic heterocycles. The van der Waals surface area contributed by atoms with Crippen LogP contribution in [0.3, 0.4) is 0 Å². The van der Waals surface area contributed by atoms with Gasteiger partial charge in [-0.1, -0.05) is 23.7 Å². The maximum atomic E-state index is 5.92. The number of rotatable bonds is 4. The van der Waals surface area contributed by atoms with Crippen LogP contribution in [-0.2, 0) is 7.05 Å². The van der Waals surface area contributed by atoms with Crippen molar-refractivity contribution < 1.29 is 14.0 Å². The van der Waals surface area contributed by atoms with Crippen LogP contribution in [0, 0.1) is 0 Å². The van der Waals surface area contributed by atoms with Crippen LogP contribution in [0.1, 0.15) is 11.3 Å². The molecular formula is C19H17ClNO2+. The van der Waals surface area contributed by atoms with Crippen LogP contribution in [0.4, 0.5) is 0 Å². The van der Waals surface area contributed by atoms with Gasteiger partial charge in [-0.15, -0.1) is 0 Å². The fraction of sp³-hybridized carbons (Fsp3) is 0.105. The zero-order chi connectivity index (χ0) is 16.2. The monoisotopic (exact) mass is 326 g/mol. The Hall–Kier alpha value is -2.52. The second-order valence-corrected chi connectivity index (χ2v) is 5.57. The minimum Gasteiger partial charge on any atom is -0.497 e. The Morgan fingerprint density at radius 3 is 2.35 bits per heavy atom. The van der Waals surface area contributed by atoms with E-state index in [0.717, 1.165) is 28.3 Å². The summed E-state index contributed by atoms with van der Waals surface area (Å²) in [6.07, 6.45) is 4.06. The molecule has 0 saturated heterocycles. The van der Waals surface area contributed by atoms with Gasteiger partial charge < -0.3 is 4.74 Å². The van der Waals surface area contributed by atoms with Crippen LogP contribution in [0.5, 0.6) is 5.75 Å². The summed E-state index contributed by atoms with van der Waals surface area (Å²) in [5, 5.41) is 0.712. The molecule has 0 aliphatic rings. The van der Waals surface area contributed by atoms with Gasteiger partial charge in [-0.3, -0.25) is 0 Å². The van der Waals surface area contributed by atoms with Crippen molar-refractivity contribution in [1.29, 1.82) is 0 Å². The van der Waals surface area contributed by atoms with Crippen molar-refractivity contribution in [1.82, 2.24) is 0 Å². The molecule has 1 heterocycles. The normalized spacial score (nSPS) is 11.1. The largest absolute Gasteiger partial charge is 0.497 e. The van der Waals surface area contributed by atoms with Gasteiger partial charge in [0.25, 0.3) is 5.69 Å². The molecule has 116 valence electrons. The molecule has 2 aromatic carbocycles. The highest BCUT2D eigenvalue weighted by Gasteiger charge is 2.14. The van der Waals surface area contributed by atoms with Crippen LogP contribution < -0.4 is 9.48 Å². The van der Waals surface area contributed by atoms with E-state index in [4.69, 9.17) is 20.9 Å². The summed E-state index contributed by atoms with van der Waals surface area (Å²) in [4.78, 5) is 0. The maximum absolute atomic E-state index is 5.92. The molecule has 0 bridgehead atoms. The Labute approximate surface area is 140 Å². The molecule has 0 radical (unpaired) electrons. The number of nitrogens with zero attached hydrogens (tertiary/aromatic N) is 1. The highest BCUT2D eigenvalue weighted by atomic mass is 35.5. The molecule has 3 rings (SSSR count). The second-order valence-electron chi connectivity index (χ2n) is 5.14. The molecule has 23 heavy (non-hydrogen) atoms. The lowest BCUT2D eigenvalue weighted by Gasteiger charge is -1.98. The molecule has 0 aliphatic carbocycles. The van der Waals surface area contributed by atoms with E-state index in [1.807, 2.05) is 73.8 Å². The molecule has 0 aliphatic heterocycles. The van der Waals surface area contributed by atoms with E-state index in [2.05, 4.69) is 0 Å². The van der Waals surface area contributed by atoms with Crippen molar-refractivity contribution in [3.8, 4) is 17.1 Å². The summed E-state index contributed by atoms with van der Waals surface area (Å²) in [5.41, 5.74) is 3.07. The van der Waals surface area contributed by atoms with Gasteiger partial charge in [-0.05, 0) is 52.8 Å². The number of aryl methyl sites for hydroxylation is 1. The van der Waals surface area contributed by atoms with Crippen LogP contribution in [0.25, 0.3) is 23.5 Å². The molecule has 0 atom stereocenters. The van der Waals surface area contributed by atoms with E-state index >= 15 is 0 Å². The van der Waals surface area contributed by atoms with Gasteiger partial charge in [0.15, 0.2) is 7.05 Å². The van der Waals surface area contributed by atoms with Crippen molar-refractivity contribution in [2.24, 2.45) is 7.05 Å². The highest BCUT2D eigenvalue weighted by molar-refractivity contribution is 6.30. The van der Waals surface area contributed by atoms with Gasteiger partial charge in [0.2, 0.25) is 5.76 Å². The first-order valence-corrected chi connectivity index (χ1v) is 7.62. The Morgan fingerprint density at radius 1 is 1.00 bits per heavy atom. The molecule has 3 nitrogen and oxygen atoms in total. The SMILES string of the molecule is COc1ccc(/C=C/c2cc(-c3ccc(Cl)cc3)o[n+]2C)cc1. The fourth-order valence-electron chi connectivity index (χ4n) is 2.25. The van der Waals surface area contributed by atoms with Gasteiger partial charge in [-0.2, -0.15) is 0 Å². The lowest BCUT2D eigenvalue weighted by molar-refractivity contribution is -0.844. The van der Waals surface area contributed by atoms with Gasteiger partial charge in [-0.25, -0.2) is 4.52 Å². The third kappa shape index (κ3) is 3.63. The first kappa shape index (κ1) is 15.4. The average molecular weight is 327 g/mol. The van der Waals surface area contributed by atoms with E-state index in [0.29, 0.717) is 5.02 Å². The highest BCUT2D eigenvalue weighted by Crippen LogP contribution is 2.22. The van der Waals surface area contributed by atoms with Crippen molar-refractivity contribution in [3.05, 3.63) is 70.9 Å². The van der Waals surface area contributed by atoms with E-state index in [9.17, 15) is 0 Å². The molecule has 0 N–H and O–H groups in total. The van der Waals surface area contributed by atoms with Crippen molar-refractivity contribution in [3.63, 3.8) is 0 Å². The van der Waals surface area contributed by atoms with Gasteiger partial charge in [0.1, 0.15) is 5.75 Å². The van der Waals surface area contributed by atoms with E-state index in [1.54, 1.807) is 11.8 Å². The lowest BCUT2D eigenvalue weighted by Crippen LogP contribution is -2.27. The topological polar surface area (TPSA) is 26.2 Å². The number of aromatic nitrogens is 1. The summed E-state index contributed by atoms with van der Waals surface area (Å²) in [6, 6.07) is 17.5. The summed E-state index contributed by atoms with van der Waals surface area (Å²) in [6.45, 7) is 0. The predicted octanol–water partition coefficient (Wildman–Crippen LogP) is 4.60. The van der Waals surface area contributed by atoms with Crippen LogP contribution in [-0.4, -0.2) is 7.11 Å². The summed E-state index contributed by atoms with van der Waals surface area (Å²) in [7, 11) is 3.54. The maximum Gasteiger partial charge on any atom is 0.255 e. The zero-order valence-corrected chi connectivity index (χ0v) is 13.7. The van der Waals surface area contributed by atoms with Crippen molar-refractivity contribution in [2.75, 3.05) is 7.11 Å². The Balaban J connectivity index is 1.82. The smallest absolute Gasteiger partial charge is 0.255 e. The van der Waals surface area contributed by atoms with E-state index in [-0.39, 0.29) is 0 Å². The van der Waals surface area contributed by atoms with E-state index < -0.39 is 0 Å². The predicted molar refractivity (Wildman–Crippen MR) is 92.3 cm³/mol. The summed E-state index contributed by atoms with van der Waals surface area (Å²) in [5.74, 6) is 1.65. The first-order valence-electron chi connectivity index (χ1n) is 7.24. The molecule has 3 aromatic rings. The van der Waals surface area contributed by atoms with Crippen molar-refractivity contribution >= 4 is 23.8 Å². The number of methoxy groups -OCH3 is 1. The number of hydrogen-bond donors (Lipinski definition) is 0. The molecular weight excluding hydrogens is 310 g/mol. The third-order valence-electron chi connectivity index (χ3n) is 3.57. The Kier molecular flexibility index (Phi) is 4.49. The van der Waals surface area contributed by atoms with Crippen LogP contribution in [0.15, 0.2) is 59.1 Å². The first-order chi connectivity index (χ1) is 11.2. The van der Waals surface area contributed by atoms with E-state index in [1.165, 1.54) is 0 Å².